The highest BCUT2D eigenvalue weighted by Gasteiger charge is 2.13. The molecule has 1 rings (SSSR count). The summed E-state index contributed by atoms with van der Waals surface area (Å²) >= 11 is 0. The summed E-state index contributed by atoms with van der Waals surface area (Å²) in [7, 11) is 0. The molecule has 0 aliphatic heterocycles. The van der Waals surface area contributed by atoms with E-state index in [2.05, 4.69) is 5.32 Å². The van der Waals surface area contributed by atoms with E-state index in [9.17, 15) is 9.18 Å². The molecule has 0 bridgehead atoms. The van der Waals surface area contributed by atoms with Gasteiger partial charge in [0.15, 0.2) is 0 Å². The number of ether oxygens (including phenoxy) is 1. The topological polar surface area (TPSA) is 64.3 Å². The summed E-state index contributed by atoms with van der Waals surface area (Å²) in [5.41, 5.74) is 6.13. The molecule has 3 N–H and O–H groups in total. The lowest BCUT2D eigenvalue weighted by molar-refractivity contribution is -0.126. The first-order valence-corrected chi connectivity index (χ1v) is 5.02. The van der Waals surface area contributed by atoms with Gasteiger partial charge in [-0.1, -0.05) is 0 Å². The lowest BCUT2D eigenvalue weighted by Gasteiger charge is -2.13. The predicted octanol–water partition coefficient (Wildman–Crippen LogP) is 1.77. The molecule has 88 valence electrons. The highest BCUT2D eigenvalue weighted by Crippen LogP contribution is 2.19. The molecular weight excluding hydrogens is 211 g/mol. The molecular formula is C11H15FN2O2. The largest absolute Gasteiger partial charge is 0.397 e. The maximum atomic E-state index is 12.7. The minimum Gasteiger partial charge on any atom is -0.397 e. The maximum Gasteiger partial charge on any atom is 0.253 e. The minimum absolute atomic E-state index is 0.192. The molecule has 0 spiro atoms. The van der Waals surface area contributed by atoms with Crippen LogP contribution in [0, 0.1) is 5.82 Å². The van der Waals surface area contributed by atoms with Crippen LogP contribution in [0.4, 0.5) is 15.8 Å². The predicted molar refractivity (Wildman–Crippen MR) is 60.5 cm³/mol. The van der Waals surface area contributed by atoms with Gasteiger partial charge in [0.25, 0.3) is 5.91 Å². The lowest BCUT2D eigenvalue weighted by Crippen LogP contribution is -2.28. The van der Waals surface area contributed by atoms with E-state index in [1.54, 1.807) is 13.8 Å². The average molecular weight is 226 g/mol. The average Bonchev–Trinajstić information content (AvgIpc) is 2.22. The Hall–Kier alpha value is -1.62. The summed E-state index contributed by atoms with van der Waals surface area (Å²) in [6.07, 6.45) is -0.561. The van der Waals surface area contributed by atoms with E-state index in [4.69, 9.17) is 10.5 Å². The molecule has 0 aromatic heterocycles. The summed E-state index contributed by atoms with van der Waals surface area (Å²) in [5, 5.41) is 2.57. The monoisotopic (exact) mass is 226 g/mol. The van der Waals surface area contributed by atoms with Gasteiger partial charge in [0.05, 0.1) is 11.4 Å². The third-order valence-corrected chi connectivity index (χ3v) is 2.06. The van der Waals surface area contributed by atoms with Crippen molar-refractivity contribution in [2.24, 2.45) is 0 Å². The Balaban J connectivity index is 2.69. The fourth-order valence-corrected chi connectivity index (χ4v) is 1.21. The molecule has 1 amide bonds. The van der Waals surface area contributed by atoms with Gasteiger partial charge in [0.1, 0.15) is 11.9 Å². The Bertz CT molecular complexity index is 382. The minimum atomic E-state index is -0.561. The molecule has 5 heteroatoms. The second-order valence-electron chi connectivity index (χ2n) is 3.32. The smallest absolute Gasteiger partial charge is 0.253 e. The molecule has 0 aliphatic rings. The van der Waals surface area contributed by atoms with Gasteiger partial charge in [-0.15, -0.1) is 0 Å². The van der Waals surface area contributed by atoms with Gasteiger partial charge in [0, 0.05) is 6.61 Å². The second-order valence-corrected chi connectivity index (χ2v) is 3.32. The van der Waals surface area contributed by atoms with Crippen LogP contribution in [0.15, 0.2) is 18.2 Å². The second kappa shape index (κ2) is 5.46. The molecule has 0 saturated carbocycles. The van der Waals surface area contributed by atoms with Gasteiger partial charge in [-0.25, -0.2) is 4.39 Å². The standard InChI is InChI=1S/C11H15FN2O2/c1-3-16-7(2)11(15)14-10-5-4-8(12)6-9(10)13/h4-7H,3,13H2,1-2H3,(H,14,15). The first kappa shape index (κ1) is 12.4. The van der Waals surface area contributed by atoms with E-state index >= 15 is 0 Å². The molecule has 4 nitrogen and oxygen atoms in total. The molecule has 0 saturated heterocycles. The van der Waals surface area contributed by atoms with Crippen molar-refractivity contribution in [2.45, 2.75) is 20.0 Å². The molecule has 16 heavy (non-hydrogen) atoms. The maximum absolute atomic E-state index is 12.7. The van der Waals surface area contributed by atoms with Crippen LogP contribution in [-0.4, -0.2) is 18.6 Å². The molecule has 1 aromatic rings. The van der Waals surface area contributed by atoms with Crippen LogP contribution in [-0.2, 0) is 9.53 Å². The number of amides is 1. The molecule has 1 aromatic carbocycles. The van der Waals surface area contributed by atoms with E-state index in [0.29, 0.717) is 12.3 Å². The van der Waals surface area contributed by atoms with Gasteiger partial charge in [0.2, 0.25) is 0 Å². The molecule has 1 unspecified atom stereocenters. The Kier molecular flexibility index (Phi) is 4.25. The van der Waals surface area contributed by atoms with Gasteiger partial charge < -0.3 is 15.8 Å². The SMILES string of the molecule is CCOC(C)C(=O)Nc1ccc(F)cc1N. The quantitative estimate of drug-likeness (QED) is 0.769. The highest BCUT2D eigenvalue weighted by molar-refractivity contribution is 5.96. The Labute approximate surface area is 93.6 Å². The summed E-state index contributed by atoms with van der Waals surface area (Å²) in [5.74, 6) is -0.742. The fraction of sp³-hybridized carbons (Fsp3) is 0.364. The Morgan fingerprint density at radius 3 is 2.88 bits per heavy atom. The Morgan fingerprint density at radius 2 is 2.31 bits per heavy atom. The van der Waals surface area contributed by atoms with Crippen molar-refractivity contribution in [3.05, 3.63) is 24.0 Å². The Morgan fingerprint density at radius 1 is 1.62 bits per heavy atom. The molecule has 0 heterocycles. The third kappa shape index (κ3) is 3.20. The number of carbonyl (C=O) groups excluding carboxylic acids is 1. The zero-order valence-corrected chi connectivity index (χ0v) is 9.29. The van der Waals surface area contributed by atoms with Crippen LogP contribution in [0.25, 0.3) is 0 Å². The van der Waals surface area contributed by atoms with Gasteiger partial charge >= 0.3 is 0 Å². The van der Waals surface area contributed by atoms with Crippen molar-refractivity contribution in [2.75, 3.05) is 17.7 Å². The summed E-state index contributed by atoms with van der Waals surface area (Å²) in [6, 6.07) is 3.81. The van der Waals surface area contributed by atoms with Crippen molar-refractivity contribution in [3.8, 4) is 0 Å². The lowest BCUT2D eigenvalue weighted by atomic mass is 10.2. The summed E-state index contributed by atoms with van der Waals surface area (Å²) < 4.78 is 17.9. The summed E-state index contributed by atoms with van der Waals surface area (Å²) in [4.78, 5) is 11.6. The van der Waals surface area contributed by atoms with Crippen molar-refractivity contribution >= 4 is 17.3 Å². The van der Waals surface area contributed by atoms with Crippen LogP contribution >= 0.6 is 0 Å². The molecule has 0 radical (unpaired) electrons. The van der Waals surface area contributed by atoms with Crippen molar-refractivity contribution in [1.82, 2.24) is 0 Å². The van der Waals surface area contributed by atoms with Crippen molar-refractivity contribution < 1.29 is 13.9 Å². The number of halogens is 1. The van der Waals surface area contributed by atoms with E-state index in [1.807, 2.05) is 0 Å². The fourth-order valence-electron chi connectivity index (χ4n) is 1.21. The number of hydrogen-bond acceptors (Lipinski definition) is 3. The molecule has 0 fully saturated rings. The zero-order chi connectivity index (χ0) is 12.1. The van der Waals surface area contributed by atoms with Crippen LogP contribution < -0.4 is 11.1 Å². The summed E-state index contributed by atoms with van der Waals surface area (Å²) in [6.45, 7) is 3.89. The van der Waals surface area contributed by atoms with Gasteiger partial charge in [-0.2, -0.15) is 0 Å². The first-order chi connectivity index (χ1) is 7.54. The number of benzene rings is 1. The third-order valence-electron chi connectivity index (χ3n) is 2.06. The molecule has 1 atom stereocenters. The van der Waals surface area contributed by atoms with Crippen molar-refractivity contribution in [3.63, 3.8) is 0 Å². The van der Waals surface area contributed by atoms with Crippen molar-refractivity contribution in [1.29, 1.82) is 0 Å². The number of nitrogens with one attached hydrogen (secondary N) is 1. The normalized spacial score (nSPS) is 12.2. The number of nitrogens with two attached hydrogens (primary N) is 1. The van der Waals surface area contributed by atoms with Gasteiger partial charge in [-0.05, 0) is 32.0 Å². The van der Waals surface area contributed by atoms with Crippen LogP contribution in [0.1, 0.15) is 13.8 Å². The van der Waals surface area contributed by atoms with Crippen LogP contribution in [0.2, 0.25) is 0 Å². The number of hydrogen-bond donors (Lipinski definition) is 2. The number of rotatable bonds is 4. The number of carbonyl (C=O) groups is 1. The molecule has 0 aliphatic carbocycles. The number of nitrogen functional groups attached to an aromatic ring is 1. The van der Waals surface area contributed by atoms with E-state index in [-0.39, 0.29) is 11.6 Å². The first-order valence-electron chi connectivity index (χ1n) is 5.02. The number of anilines is 2. The van der Waals surface area contributed by atoms with E-state index in [0.717, 1.165) is 6.07 Å². The highest BCUT2D eigenvalue weighted by atomic mass is 19.1. The van der Waals surface area contributed by atoms with E-state index in [1.165, 1.54) is 12.1 Å². The van der Waals surface area contributed by atoms with Crippen LogP contribution in [0.5, 0.6) is 0 Å². The van der Waals surface area contributed by atoms with Crippen LogP contribution in [0.3, 0.4) is 0 Å². The zero-order valence-electron chi connectivity index (χ0n) is 9.29. The van der Waals surface area contributed by atoms with Gasteiger partial charge in [-0.3, -0.25) is 4.79 Å². The van der Waals surface area contributed by atoms with E-state index < -0.39 is 11.9 Å².